The van der Waals surface area contributed by atoms with E-state index in [0.29, 0.717) is 0 Å². The number of aryl methyl sites for hydroxylation is 2. The molecular formula is C14H19NO. The van der Waals surface area contributed by atoms with Crippen molar-refractivity contribution in [2.45, 2.75) is 44.2 Å². The lowest BCUT2D eigenvalue weighted by Gasteiger charge is -2.15. The Hall–Kier alpha value is -0.860. The van der Waals surface area contributed by atoms with E-state index in [0.717, 1.165) is 19.4 Å². The number of benzene rings is 1. The van der Waals surface area contributed by atoms with E-state index in [4.69, 9.17) is 0 Å². The van der Waals surface area contributed by atoms with Gasteiger partial charge in [0.25, 0.3) is 0 Å². The summed E-state index contributed by atoms with van der Waals surface area (Å²) >= 11 is 0. The standard InChI is InChI=1S/C14H19NO/c16-14-6-7-15-13(14)9-10-4-5-11-2-1-3-12(11)8-10/h4-5,8,13-16H,1-3,6-7,9H2. The molecule has 1 fully saturated rings. The van der Waals surface area contributed by atoms with E-state index >= 15 is 0 Å². The Labute approximate surface area is 96.7 Å². The number of aliphatic hydroxyl groups is 1. The SMILES string of the molecule is OC1CCNC1Cc1ccc2c(c1)CCC2. The predicted octanol–water partition coefficient (Wildman–Crippen LogP) is 1.44. The molecule has 1 aliphatic carbocycles. The van der Waals surface area contributed by atoms with Gasteiger partial charge in [0.15, 0.2) is 0 Å². The largest absolute Gasteiger partial charge is 0.391 e. The number of fused-ring (bicyclic) bond motifs is 1. The van der Waals surface area contributed by atoms with E-state index in [-0.39, 0.29) is 12.1 Å². The summed E-state index contributed by atoms with van der Waals surface area (Å²) in [4.78, 5) is 0. The lowest BCUT2D eigenvalue weighted by Crippen LogP contribution is -2.32. The van der Waals surface area contributed by atoms with Crippen molar-refractivity contribution in [3.63, 3.8) is 0 Å². The zero-order valence-electron chi connectivity index (χ0n) is 9.58. The molecule has 0 aromatic heterocycles. The molecule has 1 aliphatic heterocycles. The van der Waals surface area contributed by atoms with Gasteiger partial charge >= 0.3 is 0 Å². The van der Waals surface area contributed by atoms with Gasteiger partial charge in [-0.15, -0.1) is 0 Å². The van der Waals surface area contributed by atoms with Gasteiger partial charge < -0.3 is 10.4 Å². The first kappa shape index (κ1) is 10.3. The normalized spacial score (nSPS) is 28.3. The number of rotatable bonds is 2. The summed E-state index contributed by atoms with van der Waals surface area (Å²) in [7, 11) is 0. The molecular weight excluding hydrogens is 198 g/mol. The number of nitrogens with one attached hydrogen (secondary N) is 1. The summed E-state index contributed by atoms with van der Waals surface area (Å²) in [5, 5.41) is 13.2. The Morgan fingerprint density at radius 3 is 2.94 bits per heavy atom. The number of hydrogen-bond acceptors (Lipinski definition) is 2. The Morgan fingerprint density at radius 1 is 1.25 bits per heavy atom. The zero-order chi connectivity index (χ0) is 11.0. The third-order valence-corrected chi connectivity index (χ3v) is 3.93. The van der Waals surface area contributed by atoms with Crippen LogP contribution in [0.5, 0.6) is 0 Å². The van der Waals surface area contributed by atoms with E-state index < -0.39 is 0 Å². The average molecular weight is 217 g/mol. The minimum absolute atomic E-state index is 0.159. The van der Waals surface area contributed by atoms with Crippen molar-refractivity contribution >= 4 is 0 Å². The third kappa shape index (κ3) is 1.87. The first-order valence-electron chi connectivity index (χ1n) is 6.35. The van der Waals surface area contributed by atoms with Gasteiger partial charge in [0.2, 0.25) is 0 Å². The minimum Gasteiger partial charge on any atom is -0.391 e. The summed E-state index contributed by atoms with van der Waals surface area (Å²) < 4.78 is 0. The van der Waals surface area contributed by atoms with Crippen LogP contribution in [0, 0.1) is 0 Å². The Kier molecular flexibility index (Phi) is 2.70. The lowest BCUT2D eigenvalue weighted by molar-refractivity contribution is 0.159. The average Bonchev–Trinajstić information content (AvgIpc) is 2.88. The molecule has 0 saturated carbocycles. The lowest BCUT2D eigenvalue weighted by atomic mass is 9.99. The second-order valence-electron chi connectivity index (χ2n) is 5.08. The highest BCUT2D eigenvalue weighted by Crippen LogP contribution is 2.24. The molecule has 1 aromatic carbocycles. The Balaban J connectivity index is 1.75. The zero-order valence-corrected chi connectivity index (χ0v) is 9.58. The van der Waals surface area contributed by atoms with Crippen LogP contribution in [0.2, 0.25) is 0 Å². The van der Waals surface area contributed by atoms with Gasteiger partial charge in [-0.25, -0.2) is 0 Å². The summed E-state index contributed by atoms with van der Waals surface area (Å²) in [6.07, 6.45) is 5.50. The van der Waals surface area contributed by atoms with E-state index in [2.05, 4.69) is 23.5 Å². The van der Waals surface area contributed by atoms with Crippen LogP contribution in [0.4, 0.5) is 0 Å². The van der Waals surface area contributed by atoms with Gasteiger partial charge in [0, 0.05) is 6.04 Å². The maximum absolute atomic E-state index is 9.78. The van der Waals surface area contributed by atoms with Crippen LogP contribution in [0.3, 0.4) is 0 Å². The van der Waals surface area contributed by atoms with Crippen LogP contribution < -0.4 is 5.32 Å². The molecule has 2 nitrogen and oxygen atoms in total. The molecule has 0 radical (unpaired) electrons. The van der Waals surface area contributed by atoms with Crippen molar-refractivity contribution in [2.75, 3.05) is 6.54 Å². The summed E-state index contributed by atoms with van der Waals surface area (Å²) in [5.41, 5.74) is 4.44. The first-order valence-corrected chi connectivity index (χ1v) is 6.35. The second kappa shape index (κ2) is 4.19. The van der Waals surface area contributed by atoms with Crippen molar-refractivity contribution in [1.29, 1.82) is 0 Å². The molecule has 2 heteroatoms. The van der Waals surface area contributed by atoms with Gasteiger partial charge in [0.05, 0.1) is 6.10 Å². The fourth-order valence-electron chi connectivity index (χ4n) is 2.97. The molecule has 1 heterocycles. The maximum Gasteiger partial charge on any atom is 0.0708 e. The van der Waals surface area contributed by atoms with E-state index in [1.165, 1.54) is 36.0 Å². The van der Waals surface area contributed by atoms with Crippen LogP contribution in [0.1, 0.15) is 29.5 Å². The molecule has 86 valence electrons. The topological polar surface area (TPSA) is 32.3 Å². The van der Waals surface area contributed by atoms with Gasteiger partial charge in [-0.2, -0.15) is 0 Å². The summed E-state index contributed by atoms with van der Waals surface area (Å²) in [6.45, 7) is 0.955. The fourth-order valence-corrected chi connectivity index (χ4v) is 2.97. The molecule has 16 heavy (non-hydrogen) atoms. The predicted molar refractivity (Wildman–Crippen MR) is 64.6 cm³/mol. The van der Waals surface area contributed by atoms with Crippen molar-refractivity contribution in [1.82, 2.24) is 5.32 Å². The minimum atomic E-state index is -0.159. The quantitative estimate of drug-likeness (QED) is 0.785. The maximum atomic E-state index is 9.78. The molecule has 2 N–H and O–H groups in total. The molecule has 2 aliphatic rings. The van der Waals surface area contributed by atoms with Crippen LogP contribution in [-0.2, 0) is 19.3 Å². The molecule has 1 aromatic rings. The monoisotopic (exact) mass is 217 g/mol. The Morgan fingerprint density at radius 2 is 2.12 bits per heavy atom. The molecule has 0 amide bonds. The van der Waals surface area contributed by atoms with E-state index in [1.807, 2.05) is 0 Å². The van der Waals surface area contributed by atoms with Crippen LogP contribution >= 0.6 is 0 Å². The molecule has 2 atom stereocenters. The smallest absolute Gasteiger partial charge is 0.0708 e. The van der Waals surface area contributed by atoms with Crippen molar-refractivity contribution in [2.24, 2.45) is 0 Å². The highest BCUT2D eigenvalue weighted by atomic mass is 16.3. The van der Waals surface area contributed by atoms with Crippen LogP contribution in [0.25, 0.3) is 0 Å². The molecule has 1 saturated heterocycles. The third-order valence-electron chi connectivity index (χ3n) is 3.93. The molecule has 0 spiro atoms. The Bertz CT molecular complexity index is 388. The fraction of sp³-hybridized carbons (Fsp3) is 0.571. The number of aliphatic hydroxyl groups excluding tert-OH is 1. The highest BCUT2D eigenvalue weighted by Gasteiger charge is 2.24. The summed E-state index contributed by atoms with van der Waals surface area (Å²) in [6, 6.07) is 7.12. The van der Waals surface area contributed by atoms with Gasteiger partial charge in [-0.1, -0.05) is 18.2 Å². The van der Waals surface area contributed by atoms with Gasteiger partial charge in [-0.3, -0.25) is 0 Å². The van der Waals surface area contributed by atoms with Crippen LogP contribution in [-0.4, -0.2) is 23.8 Å². The summed E-state index contributed by atoms with van der Waals surface area (Å²) in [5.74, 6) is 0. The van der Waals surface area contributed by atoms with Gasteiger partial charge in [-0.05, 0) is 55.3 Å². The molecule has 2 unspecified atom stereocenters. The number of hydrogen-bond donors (Lipinski definition) is 2. The second-order valence-corrected chi connectivity index (χ2v) is 5.08. The van der Waals surface area contributed by atoms with E-state index in [9.17, 15) is 5.11 Å². The van der Waals surface area contributed by atoms with Crippen molar-refractivity contribution < 1.29 is 5.11 Å². The first-order chi connectivity index (χ1) is 7.83. The van der Waals surface area contributed by atoms with E-state index in [1.54, 1.807) is 0 Å². The van der Waals surface area contributed by atoms with Gasteiger partial charge in [0.1, 0.15) is 0 Å². The van der Waals surface area contributed by atoms with Crippen LogP contribution in [0.15, 0.2) is 18.2 Å². The molecule has 0 bridgehead atoms. The molecule has 3 rings (SSSR count). The van der Waals surface area contributed by atoms with Crippen molar-refractivity contribution in [3.8, 4) is 0 Å². The highest BCUT2D eigenvalue weighted by molar-refractivity contribution is 5.35. The van der Waals surface area contributed by atoms with Crippen molar-refractivity contribution in [3.05, 3.63) is 34.9 Å².